The van der Waals surface area contributed by atoms with E-state index in [1.165, 1.54) is 0 Å². The Kier molecular flexibility index (Phi) is 4.47. The molecule has 1 aromatic carbocycles. The van der Waals surface area contributed by atoms with Crippen LogP contribution in [0.2, 0.25) is 0 Å². The average Bonchev–Trinajstić information content (AvgIpc) is 3.26. The average molecular weight is 370 g/mol. The van der Waals surface area contributed by atoms with Crippen LogP contribution in [0.4, 0.5) is 9.59 Å². The lowest BCUT2D eigenvalue weighted by molar-refractivity contribution is 0.00919. The van der Waals surface area contributed by atoms with E-state index in [-0.39, 0.29) is 18.7 Å². The van der Waals surface area contributed by atoms with Crippen molar-refractivity contribution in [3.8, 4) is 0 Å². The topological polar surface area (TPSA) is 85.7 Å². The minimum atomic E-state index is -0.619. The number of urea groups is 1. The lowest BCUT2D eigenvalue weighted by atomic mass is 9.92. The molecule has 1 N–H and O–H groups in total. The summed E-state index contributed by atoms with van der Waals surface area (Å²) in [4.78, 5) is 30.3. The molecule has 2 aromatic rings. The third-order valence-electron chi connectivity index (χ3n) is 5.23. The van der Waals surface area contributed by atoms with Gasteiger partial charge in [0.2, 0.25) is 0 Å². The van der Waals surface area contributed by atoms with E-state index in [0.29, 0.717) is 25.9 Å². The van der Waals surface area contributed by atoms with Crippen LogP contribution < -0.4 is 5.32 Å². The summed E-state index contributed by atoms with van der Waals surface area (Å²) < 4.78 is 12.1. The molecule has 0 bridgehead atoms. The van der Waals surface area contributed by atoms with Crippen molar-refractivity contribution in [3.05, 3.63) is 54.1 Å². The van der Waals surface area contributed by atoms with Crippen LogP contribution in [0.15, 0.2) is 42.7 Å². The van der Waals surface area contributed by atoms with Crippen molar-refractivity contribution in [3.63, 3.8) is 0 Å². The minimum Gasteiger partial charge on any atom is -0.430 e. The maximum atomic E-state index is 12.9. The zero-order valence-electron chi connectivity index (χ0n) is 15.1. The number of imidazole rings is 1. The van der Waals surface area contributed by atoms with Gasteiger partial charge in [-0.25, -0.2) is 14.6 Å². The number of piperidine rings is 1. The number of nitrogens with zero attached hydrogens (tertiary/aromatic N) is 3. The van der Waals surface area contributed by atoms with Crippen LogP contribution in [0.3, 0.4) is 0 Å². The second-order valence-electron chi connectivity index (χ2n) is 7.00. The number of aryl methyl sites for hydroxylation is 1. The second-order valence-corrected chi connectivity index (χ2v) is 7.00. The Balaban J connectivity index is 1.47. The summed E-state index contributed by atoms with van der Waals surface area (Å²) in [6.07, 6.45) is 4.11. The molecule has 8 heteroatoms. The molecule has 2 fully saturated rings. The summed E-state index contributed by atoms with van der Waals surface area (Å²) in [5, 5.41) is 3.10. The van der Waals surface area contributed by atoms with Crippen molar-refractivity contribution < 1.29 is 19.1 Å². The molecule has 1 atom stereocenters. The van der Waals surface area contributed by atoms with Gasteiger partial charge in [0.05, 0.1) is 0 Å². The van der Waals surface area contributed by atoms with Crippen LogP contribution in [0.1, 0.15) is 30.3 Å². The number of rotatable bonds is 3. The molecule has 1 spiro atoms. The zero-order valence-corrected chi connectivity index (χ0v) is 15.1. The quantitative estimate of drug-likeness (QED) is 0.838. The number of carbonyl (C=O) groups excluding carboxylic acids is 2. The van der Waals surface area contributed by atoms with E-state index in [2.05, 4.69) is 10.3 Å². The maximum absolute atomic E-state index is 12.9. The predicted octanol–water partition coefficient (Wildman–Crippen LogP) is 2.22. The van der Waals surface area contributed by atoms with E-state index in [4.69, 9.17) is 9.47 Å². The number of benzene rings is 1. The number of hydrogen-bond donors (Lipinski definition) is 1. The number of nitrogens with one attached hydrogen (secondary N) is 1. The molecule has 2 amide bonds. The molecule has 0 aliphatic carbocycles. The van der Waals surface area contributed by atoms with Gasteiger partial charge in [-0.05, 0) is 5.56 Å². The lowest BCUT2D eigenvalue weighted by Crippen LogP contribution is -2.51. The summed E-state index contributed by atoms with van der Waals surface area (Å²) >= 11 is 0. The monoisotopic (exact) mass is 370 g/mol. The molecule has 8 nitrogen and oxygen atoms in total. The van der Waals surface area contributed by atoms with Gasteiger partial charge in [0, 0.05) is 45.4 Å². The van der Waals surface area contributed by atoms with Crippen molar-refractivity contribution >= 4 is 12.2 Å². The van der Waals surface area contributed by atoms with Gasteiger partial charge in [-0.2, -0.15) is 0 Å². The zero-order chi connectivity index (χ0) is 18.9. The van der Waals surface area contributed by atoms with Crippen LogP contribution in [-0.4, -0.2) is 51.9 Å². The SMILES string of the molecule is Cn1ccnc1C(NC(=O)N1CCC2(CC1)COC(=O)O2)c1ccccc1. The fraction of sp³-hybridized carbons (Fsp3) is 0.421. The molecule has 2 aliphatic heterocycles. The molecule has 1 unspecified atom stereocenters. The molecular formula is C19H22N4O4. The lowest BCUT2D eigenvalue weighted by Gasteiger charge is -2.36. The number of likely N-dealkylation sites (tertiary alicyclic amines) is 1. The Morgan fingerprint density at radius 3 is 2.59 bits per heavy atom. The first-order chi connectivity index (χ1) is 13.1. The van der Waals surface area contributed by atoms with Gasteiger partial charge in [0.25, 0.3) is 0 Å². The molecule has 1 aromatic heterocycles. The molecule has 4 rings (SSSR count). The molecule has 142 valence electrons. The molecule has 3 heterocycles. The highest BCUT2D eigenvalue weighted by Gasteiger charge is 2.45. The number of aromatic nitrogens is 2. The van der Waals surface area contributed by atoms with E-state index in [1.807, 2.05) is 48.1 Å². The standard InChI is InChI=1S/C19H22N4O4/c1-22-12-9-20-16(22)15(14-5-3-2-4-6-14)21-17(24)23-10-7-19(8-11-23)13-26-18(25)27-19/h2-6,9,12,15H,7-8,10-11,13H2,1H3,(H,21,24). The first-order valence-electron chi connectivity index (χ1n) is 9.00. The number of cyclic esters (lactones) is 1. The normalized spacial score (nSPS) is 19.4. The van der Waals surface area contributed by atoms with Crippen LogP contribution in [0.25, 0.3) is 0 Å². The van der Waals surface area contributed by atoms with E-state index in [9.17, 15) is 9.59 Å². The Morgan fingerprint density at radius 1 is 1.26 bits per heavy atom. The maximum Gasteiger partial charge on any atom is 0.509 e. The highest BCUT2D eigenvalue weighted by Crippen LogP contribution is 2.32. The van der Waals surface area contributed by atoms with Gasteiger partial charge in [-0.1, -0.05) is 30.3 Å². The molecule has 2 saturated heterocycles. The third-order valence-corrected chi connectivity index (χ3v) is 5.23. The number of hydrogen-bond acceptors (Lipinski definition) is 5. The molecule has 0 saturated carbocycles. The van der Waals surface area contributed by atoms with Gasteiger partial charge in [0.1, 0.15) is 18.5 Å². The summed E-state index contributed by atoms with van der Waals surface area (Å²) in [7, 11) is 1.91. The van der Waals surface area contributed by atoms with Crippen LogP contribution in [0.5, 0.6) is 0 Å². The predicted molar refractivity (Wildman–Crippen MR) is 96.0 cm³/mol. The van der Waals surface area contributed by atoms with E-state index < -0.39 is 11.8 Å². The number of ether oxygens (including phenoxy) is 2. The minimum absolute atomic E-state index is 0.160. The molecular weight excluding hydrogens is 348 g/mol. The van der Waals surface area contributed by atoms with Crippen LogP contribution in [-0.2, 0) is 16.5 Å². The second kappa shape index (κ2) is 6.94. The summed E-state index contributed by atoms with van der Waals surface area (Å²) in [6, 6.07) is 9.26. The highest BCUT2D eigenvalue weighted by molar-refractivity contribution is 5.75. The molecule has 0 radical (unpaired) electrons. The number of amides is 2. The van der Waals surface area contributed by atoms with Gasteiger partial charge < -0.3 is 24.3 Å². The third kappa shape index (κ3) is 3.47. The number of carbonyl (C=O) groups is 2. The van der Waals surface area contributed by atoms with Crippen molar-refractivity contribution in [2.45, 2.75) is 24.5 Å². The summed E-state index contributed by atoms with van der Waals surface area (Å²) in [6.45, 7) is 1.27. The fourth-order valence-electron chi connectivity index (χ4n) is 3.60. The summed E-state index contributed by atoms with van der Waals surface area (Å²) in [5.74, 6) is 0.765. The first kappa shape index (κ1) is 17.4. The smallest absolute Gasteiger partial charge is 0.430 e. The van der Waals surface area contributed by atoms with Gasteiger partial charge in [-0.3, -0.25) is 0 Å². The van der Waals surface area contributed by atoms with Gasteiger partial charge in [-0.15, -0.1) is 0 Å². The van der Waals surface area contributed by atoms with E-state index >= 15 is 0 Å². The molecule has 2 aliphatic rings. The summed E-state index contributed by atoms with van der Waals surface area (Å²) in [5.41, 5.74) is 0.388. The van der Waals surface area contributed by atoms with Crippen LogP contribution >= 0.6 is 0 Å². The Hall–Kier alpha value is -3.03. The van der Waals surface area contributed by atoms with Crippen molar-refractivity contribution in [1.29, 1.82) is 0 Å². The van der Waals surface area contributed by atoms with Crippen molar-refractivity contribution in [2.24, 2.45) is 7.05 Å². The van der Waals surface area contributed by atoms with Crippen molar-refractivity contribution in [1.82, 2.24) is 19.8 Å². The van der Waals surface area contributed by atoms with E-state index in [0.717, 1.165) is 11.4 Å². The van der Waals surface area contributed by atoms with Crippen LogP contribution in [0, 0.1) is 0 Å². The van der Waals surface area contributed by atoms with E-state index in [1.54, 1.807) is 11.1 Å². The fourth-order valence-corrected chi connectivity index (χ4v) is 3.60. The van der Waals surface area contributed by atoms with Gasteiger partial charge >= 0.3 is 12.2 Å². The Morgan fingerprint density at radius 2 is 2.00 bits per heavy atom. The van der Waals surface area contributed by atoms with Gasteiger partial charge in [0.15, 0.2) is 5.60 Å². The first-order valence-corrected chi connectivity index (χ1v) is 9.00. The highest BCUT2D eigenvalue weighted by atomic mass is 16.8. The Bertz CT molecular complexity index is 827. The van der Waals surface area contributed by atoms with Crippen molar-refractivity contribution in [2.75, 3.05) is 19.7 Å². The molecule has 27 heavy (non-hydrogen) atoms. The Labute approximate surface area is 157 Å². The largest absolute Gasteiger partial charge is 0.509 e.